The number of rotatable bonds is 5. The van der Waals surface area contributed by atoms with Crippen molar-refractivity contribution in [1.82, 2.24) is 4.90 Å². The molecule has 0 unspecified atom stereocenters. The molecular formula is C13H15NO2S. The predicted octanol–water partition coefficient (Wildman–Crippen LogP) is 2.93. The highest BCUT2D eigenvalue weighted by Gasteiger charge is 2.10. The molecule has 0 bridgehead atoms. The van der Waals surface area contributed by atoms with Crippen molar-refractivity contribution in [3.8, 4) is 0 Å². The molecule has 3 nitrogen and oxygen atoms in total. The summed E-state index contributed by atoms with van der Waals surface area (Å²) in [4.78, 5) is 13.6. The molecule has 0 aliphatic heterocycles. The fourth-order valence-electron chi connectivity index (χ4n) is 1.62. The van der Waals surface area contributed by atoms with Crippen molar-refractivity contribution in [2.45, 2.75) is 19.4 Å². The molecule has 0 atom stereocenters. The van der Waals surface area contributed by atoms with E-state index in [-0.39, 0.29) is 5.91 Å². The van der Waals surface area contributed by atoms with E-state index in [1.165, 1.54) is 5.56 Å². The molecule has 0 saturated carbocycles. The van der Waals surface area contributed by atoms with Gasteiger partial charge in [-0.15, -0.1) is 0 Å². The van der Waals surface area contributed by atoms with E-state index in [9.17, 15) is 4.79 Å². The first-order chi connectivity index (χ1) is 8.25. The van der Waals surface area contributed by atoms with Gasteiger partial charge in [-0.2, -0.15) is 11.3 Å². The van der Waals surface area contributed by atoms with Crippen LogP contribution in [0.15, 0.2) is 39.6 Å². The molecule has 2 rings (SSSR count). The first-order valence-corrected chi connectivity index (χ1v) is 6.47. The third kappa shape index (κ3) is 3.46. The van der Waals surface area contributed by atoms with Crippen molar-refractivity contribution in [3.63, 3.8) is 0 Å². The number of carbonyl (C=O) groups is 1. The normalized spacial score (nSPS) is 10.4. The monoisotopic (exact) mass is 249 g/mol. The lowest BCUT2D eigenvalue weighted by molar-refractivity contribution is -0.130. The first kappa shape index (κ1) is 11.9. The number of nitrogens with zero attached hydrogens (tertiary/aromatic N) is 1. The molecule has 0 fully saturated rings. The Labute approximate surface area is 105 Å². The van der Waals surface area contributed by atoms with E-state index < -0.39 is 0 Å². The van der Waals surface area contributed by atoms with E-state index in [0.717, 1.165) is 5.76 Å². The minimum absolute atomic E-state index is 0.146. The van der Waals surface area contributed by atoms with Crippen molar-refractivity contribution in [3.05, 3.63) is 46.5 Å². The van der Waals surface area contributed by atoms with E-state index in [4.69, 9.17) is 4.42 Å². The Morgan fingerprint density at radius 3 is 3.00 bits per heavy atom. The van der Waals surface area contributed by atoms with Crippen LogP contribution in [0.25, 0.3) is 0 Å². The fraction of sp³-hybridized carbons (Fsp3) is 0.308. The highest BCUT2D eigenvalue weighted by molar-refractivity contribution is 7.07. The summed E-state index contributed by atoms with van der Waals surface area (Å²) in [7, 11) is 1.84. The summed E-state index contributed by atoms with van der Waals surface area (Å²) in [6.45, 7) is 0.681. The summed E-state index contributed by atoms with van der Waals surface area (Å²) < 4.78 is 5.20. The zero-order valence-corrected chi connectivity index (χ0v) is 10.6. The van der Waals surface area contributed by atoms with Gasteiger partial charge in [0.25, 0.3) is 0 Å². The Hall–Kier alpha value is -1.55. The van der Waals surface area contributed by atoms with Gasteiger partial charge in [0, 0.05) is 26.4 Å². The number of amides is 1. The minimum atomic E-state index is 0.146. The second kappa shape index (κ2) is 5.68. The summed E-state index contributed by atoms with van der Waals surface area (Å²) in [5.41, 5.74) is 1.18. The molecule has 17 heavy (non-hydrogen) atoms. The number of furan rings is 1. The van der Waals surface area contributed by atoms with Crippen LogP contribution in [0, 0.1) is 0 Å². The molecular weight excluding hydrogens is 234 g/mol. The molecule has 0 aliphatic rings. The number of hydrogen-bond donors (Lipinski definition) is 0. The van der Waals surface area contributed by atoms with E-state index in [0.29, 0.717) is 19.4 Å². The smallest absolute Gasteiger partial charge is 0.223 e. The van der Waals surface area contributed by atoms with Crippen LogP contribution < -0.4 is 0 Å². The lowest BCUT2D eigenvalue weighted by Crippen LogP contribution is -2.26. The summed E-state index contributed by atoms with van der Waals surface area (Å²) in [6.07, 6.45) is 2.79. The zero-order valence-electron chi connectivity index (χ0n) is 9.76. The molecule has 2 heterocycles. The van der Waals surface area contributed by atoms with Crippen molar-refractivity contribution in [2.75, 3.05) is 7.05 Å². The largest absolute Gasteiger partial charge is 0.469 e. The van der Waals surface area contributed by atoms with Crippen LogP contribution in [0.2, 0.25) is 0 Å². The molecule has 1 amide bonds. The third-order valence-electron chi connectivity index (χ3n) is 2.59. The summed E-state index contributed by atoms with van der Waals surface area (Å²) >= 11 is 1.65. The van der Waals surface area contributed by atoms with Gasteiger partial charge in [0.1, 0.15) is 5.76 Å². The molecule has 2 aromatic heterocycles. The van der Waals surface area contributed by atoms with Gasteiger partial charge in [-0.25, -0.2) is 0 Å². The SMILES string of the molecule is CN(Cc1ccsc1)C(=O)CCc1ccco1. The van der Waals surface area contributed by atoms with Crippen LogP contribution in [0.4, 0.5) is 0 Å². The van der Waals surface area contributed by atoms with Crippen LogP contribution in [0.1, 0.15) is 17.7 Å². The number of hydrogen-bond acceptors (Lipinski definition) is 3. The second-order valence-corrected chi connectivity index (χ2v) is 4.74. The molecule has 2 aromatic rings. The van der Waals surface area contributed by atoms with Crippen LogP contribution in [-0.2, 0) is 17.8 Å². The van der Waals surface area contributed by atoms with Gasteiger partial charge in [-0.05, 0) is 34.5 Å². The number of carbonyl (C=O) groups excluding carboxylic acids is 1. The van der Waals surface area contributed by atoms with E-state index in [1.54, 1.807) is 22.5 Å². The van der Waals surface area contributed by atoms with Gasteiger partial charge in [0.15, 0.2) is 0 Å². The van der Waals surface area contributed by atoms with Crippen molar-refractivity contribution in [1.29, 1.82) is 0 Å². The highest BCUT2D eigenvalue weighted by atomic mass is 32.1. The molecule has 0 aromatic carbocycles. The van der Waals surface area contributed by atoms with Crippen molar-refractivity contribution in [2.24, 2.45) is 0 Å². The lowest BCUT2D eigenvalue weighted by Gasteiger charge is -2.15. The summed E-state index contributed by atoms with van der Waals surface area (Å²) in [5.74, 6) is 1.01. The Morgan fingerprint density at radius 1 is 1.47 bits per heavy atom. The molecule has 90 valence electrons. The molecule has 0 spiro atoms. The van der Waals surface area contributed by atoms with Gasteiger partial charge in [0.05, 0.1) is 6.26 Å². The highest BCUT2D eigenvalue weighted by Crippen LogP contribution is 2.10. The molecule has 0 N–H and O–H groups in total. The Bertz CT molecular complexity index is 448. The maximum absolute atomic E-state index is 11.9. The maximum Gasteiger partial charge on any atom is 0.223 e. The summed E-state index contributed by atoms with van der Waals surface area (Å²) in [5, 5.41) is 4.09. The Kier molecular flexibility index (Phi) is 3.98. The topological polar surface area (TPSA) is 33.5 Å². The van der Waals surface area contributed by atoms with Gasteiger partial charge in [0.2, 0.25) is 5.91 Å². The van der Waals surface area contributed by atoms with Gasteiger partial charge in [-0.3, -0.25) is 4.79 Å². The van der Waals surface area contributed by atoms with Gasteiger partial charge >= 0.3 is 0 Å². The standard InChI is InChI=1S/C13H15NO2S/c1-14(9-11-6-8-17-10-11)13(15)5-4-12-3-2-7-16-12/h2-3,6-8,10H,4-5,9H2,1H3. The van der Waals surface area contributed by atoms with Gasteiger partial charge in [-0.1, -0.05) is 0 Å². The number of thiophene rings is 1. The van der Waals surface area contributed by atoms with Crippen LogP contribution in [0.3, 0.4) is 0 Å². The van der Waals surface area contributed by atoms with Crippen LogP contribution >= 0.6 is 11.3 Å². The molecule has 0 radical (unpaired) electrons. The zero-order chi connectivity index (χ0) is 12.1. The van der Waals surface area contributed by atoms with Crippen LogP contribution in [0.5, 0.6) is 0 Å². The Balaban J connectivity index is 1.79. The van der Waals surface area contributed by atoms with Crippen LogP contribution in [-0.4, -0.2) is 17.9 Å². The maximum atomic E-state index is 11.9. The molecule has 0 aliphatic carbocycles. The number of aryl methyl sites for hydroxylation is 1. The Morgan fingerprint density at radius 2 is 2.35 bits per heavy atom. The molecule has 0 saturated heterocycles. The molecule has 4 heteroatoms. The summed E-state index contributed by atoms with van der Waals surface area (Å²) in [6, 6.07) is 5.78. The predicted molar refractivity (Wildman–Crippen MR) is 67.8 cm³/mol. The first-order valence-electron chi connectivity index (χ1n) is 5.53. The minimum Gasteiger partial charge on any atom is -0.469 e. The quantitative estimate of drug-likeness (QED) is 0.816. The van der Waals surface area contributed by atoms with Crippen molar-refractivity contribution >= 4 is 17.2 Å². The fourth-order valence-corrected chi connectivity index (χ4v) is 2.28. The average molecular weight is 249 g/mol. The van der Waals surface area contributed by atoms with Gasteiger partial charge < -0.3 is 9.32 Å². The average Bonchev–Trinajstić information content (AvgIpc) is 2.98. The lowest BCUT2D eigenvalue weighted by atomic mass is 10.2. The van der Waals surface area contributed by atoms with E-state index >= 15 is 0 Å². The second-order valence-electron chi connectivity index (χ2n) is 3.96. The van der Waals surface area contributed by atoms with E-state index in [2.05, 4.69) is 5.38 Å². The third-order valence-corrected chi connectivity index (χ3v) is 3.32. The van der Waals surface area contributed by atoms with Crippen molar-refractivity contribution < 1.29 is 9.21 Å². The van der Waals surface area contributed by atoms with E-state index in [1.807, 2.05) is 30.6 Å².